The van der Waals surface area contributed by atoms with Crippen LogP contribution in [-0.4, -0.2) is 35.8 Å². The predicted molar refractivity (Wildman–Crippen MR) is 101 cm³/mol. The van der Waals surface area contributed by atoms with Gasteiger partial charge in [0.05, 0.1) is 25.0 Å². The minimum absolute atomic E-state index is 0.0183. The topological polar surface area (TPSA) is 96.9 Å². The number of carbonyl (C=O) groups is 2. The summed E-state index contributed by atoms with van der Waals surface area (Å²) < 4.78 is 10.5. The molecule has 0 radical (unpaired) electrons. The third-order valence-corrected chi connectivity index (χ3v) is 3.55. The van der Waals surface area contributed by atoms with Gasteiger partial charge in [0.25, 0.3) is 5.91 Å². The molecule has 0 spiro atoms. The lowest BCUT2D eigenvalue weighted by Crippen LogP contribution is -2.34. The maximum Gasteiger partial charge on any atom is 0.335 e. The summed E-state index contributed by atoms with van der Waals surface area (Å²) in [6.07, 6.45) is 0. The molecular formula is C18H18N2O5S. The first-order valence-corrected chi connectivity index (χ1v) is 8.12. The van der Waals surface area contributed by atoms with Crippen LogP contribution < -0.4 is 20.1 Å². The minimum Gasteiger partial charge on any atom is -0.495 e. The van der Waals surface area contributed by atoms with Gasteiger partial charge < -0.3 is 19.9 Å². The zero-order valence-electron chi connectivity index (χ0n) is 14.2. The molecule has 0 aliphatic heterocycles. The van der Waals surface area contributed by atoms with Crippen LogP contribution in [-0.2, 0) is 0 Å². The third-order valence-electron chi connectivity index (χ3n) is 3.35. The highest BCUT2D eigenvalue weighted by Gasteiger charge is 2.12. The van der Waals surface area contributed by atoms with E-state index in [-0.39, 0.29) is 10.7 Å². The van der Waals surface area contributed by atoms with Crippen molar-refractivity contribution < 1.29 is 24.2 Å². The Hall–Kier alpha value is -3.13. The number of nitrogens with one attached hydrogen (secondary N) is 2. The van der Waals surface area contributed by atoms with E-state index in [4.69, 9.17) is 26.8 Å². The van der Waals surface area contributed by atoms with E-state index in [1.54, 1.807) is 24.3 Å². The van der Waals surface area contributed by atoms with Crippen molar-refractivity contribution in [1.29, 1.82) is 0 Å². The molecule has 0 saturated heterocycles. The molecule has 0 heterocycles. The molecule has 2 aromatic rings. The number of aromatic carboxylic acids is 1. The average molecular weight is 374 g/mol. The first-order valence-electron chi connectivity index (χ1n) is 7.71. The Balaban J connectivity index is 2.07. The normalized spacial score (nSPS) is 9.92. The number of benzene rings is 2. The third kappa shape index (κ3) is 4.93. The molecule has 0 aromatic heterocycles. The summed E-state index contributed by atoms with van der Waals surface area (Å²) in [5.41, 5.74) is 0.808. The summed E-state index contributed by atoms with van der Waals surface area (Å²) >= 11 is 5.13. The maximum atomic E-state index is 12.2. The number of hydrogen-bond donors (Lipinski definition) is 3. The van der Waals surface area contributed by atoms with Crippen LogP contribution in [0, 0.1) is 0 Å². The van der Waals surface area contributed by atoms with Gasteiger partial charge in [0.1, 0.15) is 11.5 Å². The van der Waals surface area contributed by atoms with Crippen LogP contribution in [0.2, 0.25) is 0 Å². The highest BCUT2D eigenvalue weighted by atomic mass is 32.1. The molecule has 26 heavy (non-hydrogen) atoms. The number of amides is 1. The standard InChI is InChI=1S/C18H18N2O5S/c1-3-25-13-7-4-11(5-8-13)16(21)20-18(26)19-14-10-12(17(22)23)6-9-15(14)24-2/h4-10H,3H2,1-2H3,(H,22,23)(H2,19,20,21,26). The molecule has 0 saturated carbocycles. The molecule has 0 aliphatic carbocycles. The van der Waals surface area contributed by atoms with Gasteiger partial charge in [-0.25, -0.2) is 4.79 Å². The number of ether oxygens (including phenoxy) is 2. The Morgan fingerprint density at radius 3 is 2.35 bits per heavy atom. The fourth-order valence-corrected chi connectivity index (χ4v) is 2.34. The largest absolute Gasteiger partial charge is 0.495 e. The molecule has 3 N–H and O–H groups in total. The fraction of sp³-hybridized carbons (Fsp3) is 0.167. The summed E-state index contributed by atoms with van der Waals surface area (Å²) in [7, 11) is 1.45. The molecule has 0 bridgehead atoms. The molecule has 2 aromatic carbocycles. The fourth-order valence-electron chi connectivity index (χ4n) is 2.14. The number of anilines is 1. The smallest absolute Gasteiger partial charge is 0.335 e. The first kappa shape index (κ1) is 19.2. The van der Waals surface area contributed by atoms with Gasteiger partial charge in [0.15, 0.2) is 5.11 Å². The van der Waals surface area contributed by atoms with Gasteiger partial charge in [0.2, 0.25) is 0 Å². The summed E-state index contributed by atoms with van der Waals surface area (Å²) in [6.45, 7) is 2.41. The number of carboxylic acid groups (broad SMARTS) is 1. The Bertz CT molecular complexity index is 821. The van der Waals surface area contributed by atoms with Gasteiger partial charge in [-0.1, -0.05) is 0 Å². The number of carboxylic acids is 1. The molecule has 8 heteroatoms. The lowest BCUT2D eigenvalue weighted by Gasteiger charge is -2.13. The van der Waals surface area contributed by atoms with Crippen LogP contribution in [0.3, 0.4) is 0 Å². The van der Waals surface area contributed by atoms with Gasteiger partial charge in [-0.3, -0.25) is 10.1 Å². The second kappa shape index (κ2) is 8.82. The second-order valence-electron chi connectivity index (χ2n) is 5.09. The van der Waals surface area contributed by atoms with Crippen LogP contribution >= 0.6 is 12.2 Å². The molecule has 0 fully saturated rings. The lowest BCUT2D eigenvalue weighted by atomic mass is 10.2. The molecule has 0 atom stereocenters. The van der Waals surface area contributed by atoms with E-state index in [1.165, 1.54) is 25.3 Å². The van der Waals surface area contributed by atoms with E-state index in [1.807, 2.05) is 6.92 Å². The summed E-state index contributed by atoms with van der Waals surface area (Å²) in [6, 6.07) is 10.9. The van der Waals surface area contributed by atoms with E-state index in [0.717, 1.165) is 0 Å². The molecule has 0 unspecified atom stereocenters. The summed E-state index contributed by atoms with van der Waals surface area (Å²) in [5, 5.41) is 14.4. The molecule has 0 aliphatic rings. The Morgan fingerprint density at radius 2 is 1.77 bits per heavy atom. The van der Waals surface area contributed by atoms with Crippen molar-refractivity contribution in [3.63, 3.8) is 0 Å². The zero-order chi connectivity index (χ0) is 19.1. The molecule has 1 amide bonds. The first-order chi connectivity index (χ1) is 12.4. The predicted octanol–water partition coefficient (Wildman–Crippen LogP) is 2.92. The van der Waals surface area contributed by atoms with E-state index in [9.17, 15) is 9.59 Å². The number of hydrogen-bond acceptors (Lipinski definition) is 5. The number of thiocarbonyl (C=S) groups is 1. The average Bonchev–Trinajstić information content (AvgIpc) is 2.62. The Labute approximate surface area is 155 Å². The maximum absolute atomic E-state index is 12.2. The molecular weight excluding hydrogens is 356 g/mol. The summed E-state index contributed by atoms with van der Waals surface area (Å²) in [4.78, 5) is 23.3. The van der Waals surface area contributed by atoms with Crippen LogP contribution in [0.1, 0.15) is 27.6 Å². The monoisotopic (exact) mass is 374 g/mol. The molecule has 7 nitrogen and oxygen atoms in total. The van der Waals surface area contributed by atoms with Crippen molar-refractivity contribution in [2.75, 3.05) is 19.0 Å². The number of rotatable bonds is 6. The molecule has 136 valence electrons. The van der Waals surface area contributed by atoms with Gasteiger partial charge in [-0.15, -0.1) is 0 Å². The van der Waals surface area contributed by atoms with Crippen molar-refractivity contribution in [3.8, 4) is 11.5 Å². The van der Waals surface area contributed by atoms with Gasteiger partial charge in [0, 0.05) is 5.56 Å². The van der Waals surface area contributed by atoms with Crippen LogP contribution in [0.4, 0.5) is 5.69 Å². The van der Waals surface area contributed by atoms with E-state index < -0.39 is 11.9 Å². The van der Waals surface area contributed by atoms with Crippen LogP contribution in [0.25, 0.3) is 0 Å². The Morgan fingerprint density at radius 1 is 1.12 bits per heavy atom. The Kier molecular flexibility index (Phi) is 6.51. The van der Waals surface area contributed by atoms with Gasteiger partial charge in [-0.05, 0) is 61.6 Å². The van der Waals surface area contributed by atoms with Gasteiger partial charge in [-0.2, -0.15) is 0 Å². The van der Waals surface area contributed by atoms with Crippen molar-refractivity contribution >= 4 is 34.9 Å². The lowest BCUT2D eigenvalue weighted by molar-refractivity contribution is 0.0696. The quantitative estimate of drug-likeness (QED) is 0.669. The van der Waals surface area contributed by atoms with Crippen molar-refractivity contribution in [2.45, 2.75) is 6.92 Å². The van der Waals surface area contributed by atoms with E-state index in [2.05, 4.69) is 10.6 Å². The highest BCUT2D eigenvalue weighted by Crippen LogP contribution is 2.25. The molecule has 2 rings (SSSR count). The van der Waals surface area contributed by atoms with Gasteiger partial charge >= 0.3 is 5.97 Å². The van der Waals surface area contributed by atoms with Crippen molar-refractivity contribution in [3.05, 3.63) is 53.6 Å². The van der Waals surface area contributed by atoms with E-state index in [0.29, 0.717) is 29.4 Å². The zero-order valence-corrected chi connectivity index (χ0v) is 15.1. The highest BCUT2D eigenvalue weighted by molar-refractivity contribution is 7.80. The van der Waals surface area contributed by atoms with Crippen LogP contribution in [0.5, 0.6) is 11.5 Å². The minimum atomic E-state index is -1.08. The number of carbonyl (C=O) groups excluding carboxylic acids is 1. The van der Waals surface area contributed by atoms with Crippen molar-refractivity contribution in [2.24, 2.45) is 0 Å². The SMILES string of the molecule is CCOc1ccc(C(=O)NC(=S)Nc2cc(C(=O)O)ccc2OC)cc1. The second-order valence-corrected chi connectivity index (χ2v) is 5.49. The number of methoxy groups -OCH3 is 1. The summed E-state index contributed by atoms with van der Waals surface area (Å²) in [5.74, 6) is -0.424. The van der Waals surface area contributed by atoms with E-state index >= 15 is 0 Å². The van der Waals surface area contributed by atoms with Crippen molar-refractivity contribution in [1.82, 2.24) is 5.32 Å². The van der Waals surface area contributed by atoms with Crippen LogP contribution in [0.15, 0.2) is 42.5 Å².